The molecule has 0 bridgehead atoms. The maximum Gasteiger partial charge on any atom is 0.244 e. The van der Waals surface area contributed by atoms with E-state index in [1.54, 1.807) is 33.5 Å². The van der Waals surface area contributed by atoms with E-state index in [1.807, 2.05) is 66.7 Å². The number of carbonyl (C=O) groups is 1. The van der Waals surface area contributed by atoms with E-state index in [2.05, 4.69) is 5.32 Å². The van der Waals surface area contributed by atoms with Crippen LogP contribution in [-0.2, 0) is 4.79 Å². The van der Waals surface area contributed by atoms with Gasteiger partial charge in [-0.05, 0) is 29.3 Å². The van der Waals surface area contributed by atoms with Crippen LogP contribution in [0.2, 0.25) is 0 Å². The number of hydrogen-bond acceptors (Lipinski definition) is 4. The van der Waals surface area contributed by atoms with Gasteiger partial charge in [-0.25, -0.2) is 0 Å². The molecule has 30 heavy (non-hydrogen) atoms. The molecule has 0 aliphatic heterocycles. The normalized spacial score (nSPS) is 10.8. The highest BCUT2D eigenvalue weighted by Crippen LogP contribution is 2.40. The van der Waals surface area contributed by atoms with Crippen LogP contribution >= 0.6 is 0 Å². The Labute approximate surface area is 176 Å². The first-order valence-electron chi connectivity index (χ1n) is 9.55. The molecule has 1 amide bonds. The van der Waals surface area contributed by atoms with Crippen molar-refractivity contribution in [2.24, 2.45) is 0 Å². The minimum Gasteiger partial charge on any atom is -0.493 e. The van der Waals surface area contributed by atoms with Crippen LogP contribution in [0.15, 0.2) is 78.9 Å². The standard InChI is InChI=1S/C25H25NO4/c1-28-21-16-14-20(24(29-2)25(21)30-3)15-17-22(27)26-23(18-10-6-4-7-11-18)19-12-8-5-9-13-19/h4-17,23H,1-3H3,(H,26,27)/b17-15+. The van der Waals surface area contributed by atoms with Gasteiger partial charge in [0, 0.05) is 11.6 Å². The highest BCUT2D eigenvalue weighted by Gasteiger charge is 2.17. The van der Waals surface area contributed by atoms with E-state index in [9.17, 15) is 4.79 Å². The topological polar surface area (TPSA) is 56.8 Å². The molecule has 0 atom stereocenters. The Morgan fingerprint density at radius 3 is 1.83 bits per heavy atom. The van der Waals surface area contributed by atoms with Crippen LogP contribution in [0.1, 0.15) is 22.7 Å². The minimum absolute atomic E-state index is 0.218. The third-order valence-electron chi connectivity index (χ3n) is 4.70. The monoisotopic (exact) mass is 403 g/mol. The van der Waals surface area contributed by atoms with Crippen LogP contribution in [0.3, 0.4) is 0 Å². The molecule has 3 rings (SSSR count). The summed E-state index contributed by atoms with van der Waals surface area (Å²) in [6, 6.07) is 23.1. The predicted octanol–water partition coefficient (Wildman–Crippen LogP) is 4.63. The molecule has 0 spiro atoms. The highest BCUT2D eigenvalue weighted by atomic mass is 16.5. The van der Waals surface area contributed by atoms with Crippen LogP contribution in [0.4, 0.5) is 0 Å². The molecule has 0 aliphatic carbocycles. The predicted molar refractivity (Wildman–Crippen MR) is 118 cm³/mol. The molecule has 1 N–H and O–H groups in total. The van der Waals surface area contributed by atoms with Crippen molar-refractivity contribution in [3.05, 3.63) is 95.6 Å². The van der Waals surface area contributed by atoms with E-state index >= 15 is 0 Å². The minimum atomic E-state index is -0.253. The fourth-order valence-corrected chi connectivity index (χ4v) is 3.26. The molecular formula is C25H25NO4. The van der Waals surface area contributed by atoms with Crippen LogP contribution in [0.5, 0.6) is 17.2 Å². The first-order chi connectivity index (χ1) is 14.7. The van der Waals surface area contributed by atoms with Crippen molar-refractivity contribution in [2.75, 3.05) is 21.3 Å². The van der Waals surface area contributed by atoms with Crippen LogP contribution in [-0.4, -0.2) is 27.2 Å². The zero-order valence-electron chi connectivity index (χ0n) is 17.3. The van der Waals surface area contributed by atoms with Gasteiger partial charge in [0.1, 0.15) is 0 Å². The Kier molecular flexibility index (Phi) is 7.11. The second kappa shape index (κ2) is 10.2. The Hall–Kier alpha value is -3.73. The largest absolute Gasteiger partial charge is 0.493 e. The van der Waals surface area contributed by atoms with Gasteiger partial charge in [0.05, 0.1) is 27.4 Å². The molecule has 0 aliphatic rings. The summed E-state index contributed by atoms with van der Waals surface area (Å²) in [5.41, 5.74) is 2.73. The first-order valence-corrected chi connectivity index (χ1v) is 9.55. The number of hydrogen-bond donors (Lipinski definition) is 1. The van der Waals surface area contributed by atoms with Crippen molar-refractivity contribution in [3.63, 3.8) is 0 Å². The summed E-state index contributed by atoms with van der Waals surface area (Å²) < 4.78 is 16.2. The number of methoxy groups -OCH3 is 3. The fourth-order valence-electron chi connectivity index (χ4n) is 3.26. The molecule has 0 unspecified atom stereocenters. The molecule has 0 radical (unpaired) electrons. The maximum atomic E-state index is 12.8. The number of carbonyl (C=O) groups excluding carboxylic acids is 1. The Bertz CT molecular complexity index is 961. The van der Waals surface area contributed by atoms with Crippen molar-refractivity contribution in [1.82, 2.24) is 5.32 Å². The van der Waals surface area contributed by atoms with Gasteiger partial charge in [-0.3, -0.25) is 4.79 Å². The third kappa shape index (κ3) is 4.81. The van der Waals surface area contributed by atoms with E-state index in [1.165, 1.54) is 6.08 Å². The van der Waals surface area contributed by atoms with Crippen molar-refractivity contribution in [2.45, 2.75) is 6.04 Å². The summed E-state index contributed by atoms with van der Waals surface area (Å²) in [6.07, 6.45) is 3.19. The number of rotatable bonds is 8. The van der Waals surface area contributed by atoms with E-state index in [0.717, 1.165) is 11.1 Å². The van der Waals surface area contributed by atoms with Crippen molar-refractivity contribution in [1.29, 1.82) is 0 Å². The van der Waals surface area contributed by atoms with Gasteiger partial charge in [-0.2, -0.15) is 0 Å². The molecule has 0 heterocycles. The zero-order valence-corrected chi connectivity index (χ0v) is 17.3. The van der Waals surface area contributed by atoms with Crippen molar-refractivity contribution in [3.8, 4) is 17.2 Å². The van der Waals surface area contributed by atoms with Crippen molar-refractivity contribution < 1.29 is 19.0 Å². The van der Waals surface area contributed by atoms with Crippen LogP contribution in [0, 0.1) is 0 Å². The third-order valence-corrected chi connectivity index (χ3v) is 4.70. The quantitative estimate of drug-likeness (QED) is 0.557. The Morgan fingerprint density at radius 1 is 0.767 bits per heavy atom. The molecule has 5 nitrogen and oxygen atoms in total. The lowest BCUT2D eigenvalue weighted by Gasteiger charge is -2.19. The van der Waals surface area contributed by atoms with Gasteiger partial charge in [0.2, 0.25) is 11.7 Å². The molecular weight excluding hydrogens is 378 g/mol. The molecule has 3 aromatic rings. The molecule has 0 fully saturated rings. The average Bonchev–Trinajstić information content (AvgIpc) is 2.81. The second-order valence-corrected chi connectivity index (χ2v) is 6.52. The van der Waals surface area contributed by atoms with E-state index < -0.39 is 0 Å². The van der Waals surface area contributed by atoms with Gasteiger partial charge in [-0.15, -0.1) is 0 Å². The number of benzene rings is 3. The summed E-state index contributed by atoms with van der Waals surface area (Å²) in [4.78, 5) is 12.8. The number of amides is 1. The van der Waals surface area contributed by atoms with Crippen LogP contribution in [0.25, 0.3) is 6.08 Å². The van der Waals surface area contributed by atoms with Gasteiger partial charge in [0.25, 0.3) is 0 Å². The maximum absolute atomic E-state index is 12.8. The number of ether oxygens (including phenoxy) is 3. The van der Waals surface area contributed by atoms with Gasteiger partial charge >= 0.3 is 0 Å². The average molecular weight is 403 g/mol. The van der Waals surface area contributed by atoms with Crippen molar-refractivity contribution >= 4 is 12.0 Å². The SMILES string of the molecule is COc1ccc(/C=C/C(=O)NC(c2ccccc2)c2ccccc2)c(OC)c1OC. The van der Waals surface area contributed by atoms with E-state index in [4.69, 9.17) is 14.2 Å². The summed E-state index contributed by atoms with van der Waals surface area (Å²) in [5.74, 6) is 1.33. The Morgan fingerprint density at radius 2 is 1.33 bits per heavy atom. The lowest BCUT2D eigenvalue weighted by atomic mass is 9.98. The summed E-state index contributed by atoms with van der Waals surface area (Å²) in [5, 5.41) is 3.09. The zero-order chi connectivity index (χ0) is 21.3. The molecule has 3 aromatic carbocycles. The first kappa shape index (κ1) is 21.0. The summed E-state index contributed by atoms with van der Waals surface area (Å²) in [7, 11) is 4.66. The van der Waals surface area contributed by atoms with Gasteiger partial charge in [0.15, 0.2) is 11.5 Å². The fraction of sp³-hybridized carbons (Fsp3) is 0.160. The van der Waals surface area contributed by atoms with Crippen LogP contribution < -0.4 is 19.5 Å². The summed E-state index contributed by atoms with van der Waals surface area (Å²) >= 11 is 0. The molecule has 154 valence electrons. The Balaban J connectivity index is 1.85. The lowest BCUT2D eigenvalue weighted by Crippen LogP contribution is -2.27. The molecule has 0 aromatic heterocycles. The molecule has 0 saturated carbocycles. The molecule has 0 saturated heterocycles. The smallest absolute Gasteiger partial charge is 0.244 e. The summed E-state index contributed by atoms with van der Waals surface area (Å²) in [6.45, 7) is 0. The van der Waals surface area contributed by atoms with E-state index in [-0.39, 0.29) is 11.9 Å². The number of nitrogens with one attached hydrogen (secondary N) is 1. The lowest BCUT2D eigenvalue weighted by molar-refractivity contribution is -0.116. The molecule has 5 heteroatoms. The highest BCUT2D eigenvalue weighted by molar-refractivity contribution is 5.93. The van der Waals surface area contributed by atoms with E-state index in [0.29, 0.717) is 22.8 Å². The van der Waals surface area contributed by atoms with Gasteiger partial charge < -0.3 is 19.5 Å². The van der Waals surface area contributed by atoms with Gasteiger partial charge in [-0.1, -0.05) is 60.7 Å². The second-order valence-electron chi connectivity index (χ2n) is 6.52.